The predicted octanol–water partition coefficient (Wildman–Crippen LogP) is 3.93. The van der Waals surface area contributed by atoms with Crippen molar-refractivity contribution in [1.82, 2.24) is 10.0 Å². The minimum Gasteiger partial charge on any atom is -0.348 e. The lowest BCUT2D eigenvalue weighted by molar-refractivity contribution is -0.123. The molecule has 1 unspecified atom stereocenters. The lowest BCUT2D eigenvalue weighted by Crippen LogP contribution is -2.45. The maximum atomic E-state index is 12.4. The molecule has 0 aliphatic carbocycles. The fourth-order valence-corrected chi connectivity index (χ4v) is 3.94. The minimum atomic E-state index is -3.83. The Bertz CT molecular complexity index is 870. The molecule has 0 saturated carbocycles. The highest BCUT2D eigenvalue weighted by Gasteiger charge is 2.24. The summed E-state index contributed by atoms with van der Waals surface area (Å²) in [6.45, 7) is 3.42. The molecule has 2 rings (SSSR count). The van der Waals surface area contributed by atoms with Gasteiger partial charge in [-0.05, 0) is 55.3 Å². The van der Waals surface area contributed by atoms with E-state index in [0.29, 0.717) is 16.5 Å². The van der Waals surface area contributed by atoms with Gasteiger partial charge in [0.2, 0.25) is 15.9 Å². The van der Waals surface area contributed by atoms with Crippen LogP contribution in [-0.2, 0) is 14.8 Å². The summed E-state index contributed by atoms with van der Waals surface area (Å²) in [5.41, 5.74) is 0.862. The van der Waals surface area contributed by atoms with Crippen LogP contribution in [0.5, 0.6) is 0 Å². The first-order chi connectivity index (χ1) is 12.2. The van der Waals surface area contributed by atoms with Crippen molar-refractivity contribution in [3.8, 4) is 0 Å². The van der Waals surface area contributed by atoms with Crippen LogP contribution in [0.4, 0.5) is 0 Å². The Kier molecular flexibility index (Phi) is 7.06. The lowest BCUT2D eigenvalue weighted by atomic mass is 10.0. The molecule has 140 valence electrons. The van der Waals surface area contributed by atoms with Gasteiger partial charge < -0.3 is 5.32 Å². The Morgan fingerprint density at radius 2 is 1.73 bits per heavy atom. The largest absolute Gasteiger partial charge is 0.348 e. The number of amides is 1. The number of halogens is 2. The molecule has 0 bridgehead atoms. The highest BCUT2D eigenvalue weighted by atomic mass is 35.5. The van der Waals surface area contributed by atoms with Crippen LogP contribution >= 0.6 is 23.2 Å². The van der Waals surface area contributed by atoms with Gasteiger partial charge in [0.15, 0.2) is 0 Å². The van der Waals surface area contributed by atoms with Crippen LogP contribution in [0.15, 0.2) is 53.4 Å². The second kappa shape index (κ2) is 8.86. The van der Waals surface area contributed by atoms with Crippen molar-refractivity contribution in [1.29, 1.82) is 0 Å². The average molecular weight is 415 g/mol. The third-order valence-corrected chi connectivity index (χ3v) is 5.87. The van der Waals surface area contributed by atoms with E-state index < -0.39 is 22.0 Å². The average Bonchev–Trinajstić information content (AvgIpc) is 2.59. The molecular formula is C18H20Cl2N2O3S. The second-order valence-corrected chi connectivity index (χ2v) is 8.41. The quantitative estimate of drug-likeness (QED) is 0.720. The van der Waals surface area contributed by atoms with Crippen LogP contribution in [0.2, 0.25) is 10.0 Å². The van der Waals surface area contributed by atoms with E-state index in [1.54, 1.807) is 18.2 Å². The summed E-state index contributed by atoms with van der Waals surface area (Å²) < 4.78 is 27.1. The highest BCUT2D eigenvalue weighted by Crippen LogP contribution is 2.20. The van der Waals surface area contributed by atoms with E-state index >= 15 is 0 Å². The van der Waals surface area contributed by atoms with Crippen molar-refractivity contribution in [2.45, 2.75) is 37.2 Å². The standard InChI is InChI=1S/C18H20Cl2N2O3S/c1-3-17(13-5-4-6-15(20)11-13)21-18(23)12(2)22-26(24,25)16-9-7-14(19)8-10-16/h4-12,17,22H,3H2,1-2H3,(H,21,23)/t12-,17?/m0/s1. The minimum absolute atomic E-state index is 0.0448. The fraction of sp³-hybridized carbons (Fsp3) is 0.278. The lowest BCUT2D eigenvalue weighted by Gasteiger charge is -2.21. The van der Waals surface area contributed by atoms with Crippen LogP contribution < -0.4 is 10.0 Å². The summed E-state index contributed by atoms with van der Waals surface area (Å²) in [5.74, 6) is -0.422. The topological polar surface area (TPSA) is 75.3 Å². The van der Waals surface area contributed by atoms with E-state index in [2.05, 4.69) is 10.0 Å². The number of benzene rings is 2. The summed E-state index contributed by atoms with van der Waals surface area (Å²) in [4.78, 5) is 12.5. The van der Waals surface area contributed by atoms with Crippen LogP contribution in [0.3, 0.4) is 0 Å². The molecule has 5 nitrogen and oxygen atoms in total. The number of carbonyl (C=O) groups excluding carboxylic acids is 1. The van der Waals surface area contributed by atoms with Gasteiger partial charge in [0, 0.05) is 10.0 Å². The molecule has 26 heavy (non-hydrogen) atoms. The van der Waals surface area contributed by atoms with Crippen molar-refractivity contribution in [2.75, 3.05) is 0 Å². The van der Waals surface area contributed by atoms with E-state index in [9.17, 15) is 13.2 Å². The van der Waals surface area contributed by atoms with E-state index in [-0.39, 0.29) is 10.9 Å². The first kappa shape index (κ1) is 20.7. The number of sulfonamides is 1. The maximum Gasteiger partial charge on any atom is 0.241 e. The molecule has 0 saturated heterocycles. The second-order valence-electron chi connectivity index (χ2n) is 5.82. The van der Waals surface area contributed by atoms with Crippen LogP contribution in [0.1, 0.15) is 31.9 Å². The number of carbonyl (C=O) groups is 1. The van der Waals surface area contributed by atoms with Gasteiger partial charge >= 0.3 is 0 Å². The van der Waals surface area contributed by atoms with Gasteiger partial charge in [0.05, 0.1) is 17.0 Å². The number of rotatable bonds is 7. The number of hydrogen-bond donors (Lipinski definition) is 2. The molecule has 2 atom stereocenters. The Hall–Kier alpha value is -1.60. The molecule has 8 heteroatoms. The normalized spacial score (nSPS) is 13.8. The Balaban J connectivity index is 2.07. The summed E-state index contributed by atoms with van der Waals surface area (Å²) >= 11 is 11.8. The predicted molar refractivity (Wildman–Crippen MR) is 104 cm³/mol. The first-order valence-electron chi connectivity index (χ1n) is 8.06. The first-order valence-corrected chi connectivity index (χ1v) is 10.3. The highest BCUT2D eigenvalue weighted by molar-refractivity contribution is 7.89. The van der Waals surface area contributed by atoms with Gasteiger partial charge in [-0.3, -0.25) is 4.79 Å². The zero-order valence-corrected chi connectivity index (χ0v) is 16.7. The van der Waals surface area contributed by atoms with E-state index in [1.807, 2.05) is 13.0 Å². The van der Waals surface area contributed by atoms with E-state index in [1.165, 1.54) is 31.2 Å². The smallest absolute Gasteiger partial charge is 0.241 e. The molecular weight excluding hydrogens is 395 g/mol. The number of nitrogens with one attached hydrogen (secondary N) is 2. The van der Waals surface area contributed by atoms with Gasteiger partial charge in [0.25, 0.3) is 0 Å². The summed E-state index contributed by atoms with van der Waals surface area (Å²) in [7, 11) is -3.83. The Morgan fingerprint density at radius 3 is 2.31 bits per heavy atom. The van der Waals surface area contributed by atoms with Crippen molar-refractivity contribution < 1.29 is 13.2 Å². The fourth-order valence-electron chi connectivity index (χ4n) is 2.41. The maximum absolute atomic E-state index is 12.4. The molecule has 2 aromatic carbocycles. The van der Waals surface area contributed by atoms with E-state index in [4.69, 9.17) is 23.2 Å². The summed E-state index contributed by atoms with van der Waals surface area (Å²) in [6, 6.07) is 11.7. The van der Waals surface area contributed by atoms with Crippen LogP contribution in [0, 0.1) is 0 Å². The molecule has 0 heterocycles. The molecule has 0 fully saturated rings. The van der Waals surface area contributed by atoms with Gasteiger partial charge in [-0.15, -0.1) is 0 Å². The SMILES string of the molecule is CCC(NC(=O)[C@H](C)NS(=O)(=O)c1ccc(Cl)cc1)c1cccc(Cl)c1. The summed E-state index contributed by atoms with van der Waals surface area (Å²) in [6.07, 6.45) is 0.642. The Morgan fingerprint density at radius 1 is 1.08 bits per heavy atom. The summed E-state index contributed by atoms with van der Waals surface area (Å²) in [5, 5.41) is 3.86. The van der Waals surface area contributed by atoms with Crippen molar-refractivity contribution in [3.05, 3.63) is 64.1 Å². The van der Waals surface area contributed by atoms with E-state index in [0.717, 1.165) is 5.56 Å². The third kappa shape index (κ3) is 5.45. The molecule has 0 radical (unpaired) electrons. The van der Waals surface area contributed by atoms with Crippen molar-refractivity contribution >= 4 is 39.1 Å². The van der Waals surface area contributed by atoms with Gasteiger partial charge in [-0.2, -0.15) is 4.72 Å². The Labute approximate surface area is 163 Å². The molecule has 0 aliphatic rings. The van der Waals surface area contributed by atoms with Gasteiger partial charge in [-0.1, -0.05) is 42.3 Å². The monoisotopic (exact) mass is 414 g/mol. The molecule has 1 amide bonds. The zero-order valence-electron chi connectivity index (χ0n) is 14.4. The molecule has 0 aliphatic heterocycles. The van der Waals surface area contributed by atoms with Gasteiger partial charge in [-0.25, -0.2) is 8.42 Å². The van der Waals surface area contributed by atoms with Crippen LogP contribution in [-0.4, -0.2) is 20.4 Å². The molecule has 0 aromatic heterocycles. The van der Waals surface area contributed by atoms with Crippen LogP contribution in [0.25, 0.3) is 0 Å². The van der Waals surface area contributed by atoms with Gasteiger partial charge in [0.1, 0.15) is 0 Å². The zero-order chi connectivity index (χ0) is 19.3. The third-order valence-electron chi connectivity index (χ3n) is 3.82. The number of hydrogen-bond acceptors (Lipinski definition) is 3. The molecule has 2 aromatic rings. The van der Waals surface area contributed by atoms with Crippen molar-refractivity contribution in [2.24, 2.45) is 0 Å². The molecule has 0 spiro atoms. The molecule has 2 N–H and O–H groups in total. The van der Waals surface area contributed by atoms with Crippen molar-refractivity contribution in [3.63, 3.8) is 0 Å².